The number of hydrogen-bond donors (Lipinski definition) is 0. The number of carbonyl (C=O) groups excluding carboxylic acids is 2. The first-order valence-electron chi connectivity index (χ1n) is 11.4. The number of ether oxygens (including phenoxy) is 1. The molecule has 0 unspecified atom stereocenters. The number of esters is 1. The lowest BCUT2D eigenvalue weighted by molar-refractivity contribution is -0.152. The summed E-state index contributed by atoms with van der Waals surface area (Å²) in [7, 11) is 0. The number of fused-ring (bicyclic) bond motifs is 1. The maximum Gasteiger partial charge on any atom is 0.310 e. The Morgan fingerprint density at radius 2 is 1.35 bits per heavy atom. The van der Waals surface area contributed by atoms with Gasteiger partial charge in [0.15, 0.2) is 6.61 Å². The second-order valence-electron chi connectivity index (χ2n) is 8.38. The molecule has 4 aromatic rings. The molecule has 0 aliphatic rings. The van der Waals surface area contributed by atoms with Crippen molar-refractivity contribution in [3.8, 4) is 0 Å². The zero-order valence-corrected chi connectivity index (χ0v) is 19.5. The average molecular weight is 453 g/mol. The highest BCUT2D eigenvalue weighted by atomic mass is 16.5. The standard InChI is InChI=1S/C29H28N2O3/c1-21-25-15-9-10-16-27(25)30-22(2)26(21)17-29(33)34-20-28(32)31(18-23-11-5-3-6-12-23)19-24-13-7-4-8-14-24/h3-16H,17-20H2,1-2H3. The SMILES string of the molecule is Cc1nc2ccccc2c(C)c1CC(=O)OCC(=O)N(Cc1ccccc1)Cc1ccccc1. The van der Waals surface area contributed by atoms with Crippen molar-refractivity contribution in [1.82, 2.24) is 9.88 Å². The van der Waals surface area contributed by atoms with Gasteiger partial charge < -0.3 is 9.64 Å². The van der Waals surface area contributed by atoms with Crippen molar-refractivity contribution in [2.45, 2.75) is 33.4 Å². The molecule has 5 heteroatoms. The quantitative estimate of drug-likeness (QED) is 0.346. The Balaban J connectivity index is 1.43. The van der Waals surface area contributed by atoms with Crippen molar-refractivity contribution in [3.05, 3.63) is 113 Å². The van der Waals surface area contributed by atoms with Gasteiger partial charge in [0.2, 0.25) is 0 Å². The number of benzene rings is 3. The first-order valence-corrected chi connectivity index (χ1v) is 11.4. The molecule has 0 bridgehead atoms. The zero-order chi connectivity index (χ0) is 23.9. The molecule has 0 radical (unpaired) electrons. The number of rotatable bonds is 8. The number of amides is 1. The van der Waals surface area contributed by atoms with Gasteiger partial charge in [-0.15, -0.1) is 0 Å². The summed E-state index contributed by atoms with van der Waals surface area (Å²) >= 11 is 0. The van der Waals surface area contributed by atoms with Crippen LogP contribution in [0.1, 0.15) is 27.9 Å². The van der Waals surface area contributed by atoms with Gasteiger partial charge in [0, 0.05) is 24.2 Å². The highest BCUT2D eigenvalue weighted by molar-refractivity contribution is 5.86. The molecule has 1 aromatic heterocycles. The summed E-state index contributed by atoms with van der Waals surface area (Å²) in [6.45, 7) is 4.48. The maximum absolute atomic E-state index is 13.1. The van der Waals surface area contributed by atoms with E-state index >= 15 is 0 Å². The molecule has 0 aliphatic heterocycles. The Morgan fingerprint density at radius 3 is 1.97 bits per heavy atom. The number of nitrogens with zero attached hydrogens (tertiary/aromatic N) is 2. The summed E-state index contributed by atoms with van der Waals surface area (Å²) in [5.41, 5.74) is 5.61. The molecule has 5 nitrogen and oxygen atoms in total. The van der Waals surface area contributed by atoms with Crippen molar-refractivity contribution in [3.63, 3.8) is 0 Å². The Labute approximate surface area is 200 Å². The van der Waals surface area contributed by atoms with E-state index in [-0.39, 0.29) is 18.9 Å². The van der Waals surface area contributed by atoms with Crippen LogP contribution in [0.15, 0.2) is 84.9 Å². The van der Waals surface area contributed by atoms with Crippen molar-refractivity contribution >= 4 is 22.8 Å². The fraction of sp³-hybridized carbons (Fsp3) is 0.207. The third kappa shape index (κ3) is 5.67. The lowest BCUT2D eigenvalue weighted by Gasteiger charge is -2.23. The van der Waals surface area contributed by atoms with E-state index in [1.54, 1.807) is 4.90 Å². The van der Waals surface area contributed by atoms with Crippen LogP contribution in [0.4, 0.5) is 0 Å². The fourth-order valence-electron chi connectivity index (χ4n) is 4.10. The lowest BCUT2D eigenvalue weighted by atomic mass is 10.00. The molecule has 0 aliphatic carbocycles. The van der Waals surface area contributed by atoms with Gasteiger partial charge in [0.25, 0.3) is 5.91 Å². The molecule has 1 amide bonds. The van der Waals surface area contributed by atoms with Gasteiger partial charge in [0.1, 0.15) is 0 Å². The van der Waals surface area contributed by atoms with Gasteiger partial charge in [-0.3, -0.25) is 14.6 Å². The predicted molar refractivity (Wildman–Crippen MR) is 133 cm³/mol. The topological polar surface area (TPSA) is 59.5 Å². The minimum Gasteiger partial charge on any atom is -0.455 e. The van der Waals surface area contributed by atoms with E-state index in [0.29, 0.717) is 13.1 Å². The Hall–Kier alpha value is -3.99. The van der Waals surface area contributed by atoms with Crippen LogP contribution < -0.4 is 0 Å². The molecule has 1 heterocycles. The van der Waals surface area contributed by atoms with Gasteiger partial charge in [-0.2, -0.15) is 0 Å². The molecule has 0 saturated carbocycles. The minimum absolute atomic E-state index is 0.0835. The minimum atomic E-state index is -0.434. The van der Waals surface area contributed by atoms with E-state index in [1.165, 1.54) is 0 Å². The Kier molecular flexibility index (Phi) is 7.33. The molecular formula is C29H28N2O3. The van der Waals surface area contributed by atoms with E-state index in [4.69, 9.17) is 4.74 Å². The van der Waals surface area contributed by atoms with Gasteiger partial charge >= 0.3 is 5.97 Å². The summed E-state index contributed by atoms with van der Waals surface area (Å²) in [6, 6.07) is 27.5. The largest absolute Gasteiger partial charge is 0.455 e. The van der Waals surface area contributed by atoms with Gasteiger partial charge in [-0.25, -0.2) is 0 Å². The third-order valence-electron chi connectivity index (χ3n) is 5.95. The summed E-state index contributed by atoms with van der Waals surface area (Å²) in [5, 5.41) is 1.02. The predicted octanol–water partition coefficient (Wildman–Crippen LogP) is 5.17. The maximum atomic E-state index is 13.1. The number of para-hydroxylation sites is 1. The van der Waals surface area contributed by atoms with Crippen molar-refractivity contribution in [2.75, 3.05) is 6.61 Å². The van der Waals surface area contributed by atoms with Crippen molar-refractivity contribution in [1.29, 1.82) is 0 Å². The van der Waals surface area contributed by atoms with Crippen LogP contribution in [-0.2, 0) is 33.8 Å². The first kappa shape index (κ1) is 23.2. The molecule has 0 N–H and O–H groups in total. The summed E-state index contributed by atoms with van der Waals surface area (Å²) < 4.78 is 5.43. The highest BCUT2D eigenvalue weighted by Gasteiger charge is 2.19. The van der Waals surface area contributed by atoms with E-state index in [0.717, 1.165) is 38.9 Å². The molecule has 0 fully saturated rings. The lowest BCUT2D eigenvalue weighted by Crippen LogP contribution is -2.34. The van der Waals surface area contributed by atoms with Crippen molar-refractivity contribution in [2.24, 2.45) is 0 Å². The molecule has 34 heavy (non-hydrogen) atoms. The second kappa shape index (κ2) is 10.8. The number of carbonyl (C=O) groups is 2. The molecule has 3 aromatic carbocycles. The Bertz CT molecular complexity index is 1250. The summed E-state index contributed by atoms with van der Waals surface area (Å²) in [4.78, 5) is 32.1. The zero-order valence-electron chi connectivity index (χ0n) is 19.5. The van der Waals surface area contributed by atoms with Gasteiger partial charge in [-0.05, 0) is 42.2 Å². The van der Waals surface area contributed by atoms with Crippen LogP contribution in [-0.4, -0.2) is 28.4 Å². The molecule has 4 rings (SSSR count). The number of hydrogen-bond acceptors (Lipinski definition) is 4. The van der Waals surface area contributed by atoms with Crippen LogP contribution in [0, 0.1) is 13.8 Å². The molecule has 0 saturated heterocycles. The summed E-state index contributed by atoms with van der Waals surface area (Å²) in [5.74, 6) is -0.665. The third-order valence-corrected chi connectivity index (χ3v) is 5.95. The number of aryl methyl sites for hydroxylation is 2. The number of pyridine rings is 1. The highest BCUT2D eigenvalue weighted by Crippen LogP contribution is 2.23. The van der Waals surface area contributed by atoms with E-state index in [1.807, 2.05) is 98.8 Å². The van der Waals surface area contributed by atoms with Crippen LogP contribution in [0.2, 0.25) is 0 Å². The smallest absolute Gasteiger partial charge is 0.310 e. The van der Waals surface area contributed by atoms with Crippen LogP contribution in [0.3, 0.4) is 0 Å². The average Bonchev–Trinajstić information content (AvgIpc) is 2.86. The van der Waals surface area contributed by atoms with Crippen LogP contribution in [0.25, 0.3) is 10.9 Å². The normalized spacial score (nSPS) is 10.8. The molecular weight excluding hydrogens is 424 g/mol. The van der Waals surface area contributed by atoms with Gasteiger partial charge in [0.05, 0.1) is 11.9 Å². The van der Waals surface area contributed by atoms with E-state index < -0.39 is 5.97 Å². The second-order valence-corrected chi connectivity index (χ2v) is 8.38. The van der Waals surface area contributed by atoms with E-state index in [9.17, 15) is 9.59 Å². The van der Waals surface area contributed by atoms with Gasteiger partial charge in [-0.1, -0.05) is 78.9 Å². The molecule has 172 valence electrons. The van der Waals surface area contributed by atoms with Crippen LogP contribution >= 0.6 is 0 Å². The number of aromatic nitrogens is 1. The van der Waals surface area contributed by atoms with Crippen LogP contribution in [0.5, 0.6) is 0 Å². The summed E-state index contributed by atoms with van der Waals surface area (Å²) in [6.07, 6.45) is 0.0835. The Morgan fingerprint density at radius 1 is 0.794 bits per heavy atom. The van der Waals surface area contributed by atoms with E-state index in [2.05, 4.69) is 4.98 Å². The first-order chi connectivity index (χ1) is 16.5. The van der Waals surface area contributed by atoms with Crippen molar-refractivity contribution < 1.29 is 14.3 Å². The molecule has 0 atom stereocenters. The monoisotopic (exact) mass is 452 g/mol. The fourth-order valence-corrected chi connectivity index (χ4v) is 4.10. The molecule has 0 spiro atoms.